The molecule has 2 unspecified atom stereocenters. The molecule has 0 aliphatic heterocycles. The van der Waals surface area contributed by atoms with Crippen molar-refractivity contribution in [3.8, 4) is 0 Å². The van der Waals surface area contributed by atoms with Gasteiger partial charge in [0.05, 0.1) is 5.41 Å². The monoisotopic (exact) mass is 174 g/mol. The first-order chi connectivity index (χ1) is 6.24. The number of carboxylic acids is 1. The Kier molecular flexibility index (Phi) is 1.07. The van der Waals surface area contributed by atoms with Crippen molar-refractivity contribution in [3.05, 3.63) is 35.4 Å². The Morgan fingerprint density at radius 3 is 2.92 bits per heavy atom. The lowest BCUT2D eigenvalue weighted by atomic mass is 10.0. The van der Waals surface area contributed by atoms with Gasteiger partial charge in [0, 0.05) is 5.92 Å². The van der Waals surface area contributed by atoms with Crippen molar-refractivity contribution in [2.45, 2.75) is 18.8 Å². The van der Waals surface area contributed by atoms with Crippen LogP contribution in [0, 0.1) is 5.41 Å². The fourth-order valence-corrected chi connectivity index (χ4v) is 2.60. The summed E-state index contributed by atoms with van der Waals surface area (Å²) in [6.45, 7) is 0. The first-order valence-electron chi connectivity index (χ1n) is 4.55. The van der Waals surface area contributed by atoms with E-state index in [4.69, 9.17) is 5.11 Å². The van der Waals surface area contributed by atoms with Crippen LogP contribution in [-0.2, 0) is 11.2 Å². The number of benzene rings is 1. The third kappa shape index (κ3) is 0.711. The summed E-state index contributed by atoms with van der Waals surface area (Å²) in [7, 11) is 0. The summed E-state index contributed by atoms with van der Waals surface area (Å²) in [5, 5.41) is 9.09. The van der Waals surface area contributed by atoms with Crippen LogP contribution in [0.5, 0.6) is 0 Å². The van der Waals surface area contributed by atoms with E-state index in [1.165, 1.54) is 11.1 Å². The second-order valence-electron chi connectivity index (χ2n) is 4.09. The molecule has 0 saturated heterocycles. The highest BCUT2D eigenvalue weighted by molar-refractivity contribution is 5.83. The van der Waals surface area contributed by atoms with Crippen LogP contribution in [0.3, 0.4) is 0 Å². The predicted molar refractivity (Wildman–Crippen MR) is 47.6 cm³/mol. The van der Waals surface area contributed by atoms with Crippen molar-refractivity contribution in [2.24, 2.45) is 5.41 Å². The maximum Gasteiger partial charge on any atom is 0.310 e. The minimum Gasteiger partial charge on any atom is -0.481 e. The SMILES string of the molecule is O=C(O)C12Cc3ccccc3C1C2. The first kappa shape index (κ1) is 7.13. The van der Waals surface area contributed by atoms with Gasteiger partial charge in [-0.15, -0.1) is 0 Å². The number of aliphatic carboxylic acids is 1. The normalized spacial score (nSPS) is 33.7. The molecule has 0 heterocycles. The van der Waals surface area contributed by atoms with E-state index in [0.29, 0.717) is 5.92 Å². The van der Waals surface area contributed by atoms with Crippen LogP contribution in [-0.4, -0.2) is 11.1 Å². The van der Waals surface area contributed by atoms with Crippen molar-refractivity contribution in [2.75, 3.05) is 0 Å². The van der Waals surface area contributed by atoms with Crippen molar-refractivity contribution >= 4 is 5.97 Å². The topological polar surface area (TPSA) is 37.3 Å². The van der Waals surface area contributed by atoms with Crippen LogP contribution in [0.4, 0.5) is 0 Å². The molecule has 0 spiro atoms. The Balaban J connectivity index is 2.09. The quantitative estimate of drug-likeness (QED) is 0.704. The van der Waals surface area contributed by atoms with Crippen molar-refractivity contribution in [1.82, 2.24) is 0 Å². The lowest BCUT2D eigenvalue weighted by molar-refractivity contribution is -0.143. The predicted octanol–water partition coefficient (Wildman–Crippen LogP) is 1.80. The summed E-state index contributed by atoms with van der Waals surface area (Å²) in [4.78, 5) is 11.0. The molecule has 2 aliphatic carbocycles. The van der Waals surface area contributed by atoms with Crippen LogP contribution in [0.1, 0.15) is 23.5 Å². The number of rotatable bonds is 1. The smallest absolute Gasteiger partial charge is 0.310 e. The lowest BCUT2D eigenvalue weighted by Gasteiger charge is -2.03. The van der Waals surface area contributed by atoms with Gasteiger partial charge in [0.2, 0.25) is 0 Å². The fraction of sp³-hybridized carbons (Fsp3) is 0.364. The summed E-state index contributed by atoms with van der Waals surface area (Å²) in [5.41, 5.74) is 2.09. The number of hydrogen-bond acceptors (Lipinski definition) is 1. The Morgan fingerprint density at radius 2 is 2.23 bits per heavy atom. The molecule has 66 valence electrons. The zero-order valence-electron chi connectivity index (χ0n) is 7.16. The van der Waals surface area contributed by atoms with Crippen LogP contribution < -0.4 is 0 Å². The van der Waals surface area contributed by atoms with Gasteiger partial charge in [-0.1, -0.05) is 24.3 Å². The molecule has 2 nitrogen and oxygen atoms in total. The van der Waals surface area contributed by atoms with Gasteiger partial charge >= 0.3 is 5.97 Å². The Hall–Kier alpha value is -1.31. The average Bonchev–Trinajstić information content (AvgIpc) is 2.76. The van der Waals surface area contributed by atoms with E-state index in [-0.39, 0.29) is 0 Å². The average molecular weight is 174 g/mol. The lowest BCUT2D eigenvalue weighted by Crippen LogP contribution is -2.15. The van der Waals surface area contributed by atoms with E-state index >= 15 is 0 Å². The van der Waals surface area contributed by atoms with E-state index in [1.54, 1.807) is 0 Å². The van der Waals surface area contributed by atoms with Crippen LogP contribution in [0.25, 0.3) is 0 Å². The standard InChI is InChI=1S/C11H10O2/c12-10(13)11-5-7-3-1-2-4-8(7)9(11)6-11/h1-4,9H,5-6H2,(H,12,13). The molecule has 13 heavy (non-hydrogen) atoms. The van der Waals surface area contributed by atoms with Gasteiger partial charge < -0.3 is 5.11 Å². The second kappa shape index (κ2) is 1.95. The van der Waals surface area contributed by atoms with Gasteiger partial charge in [-0.2, -0.15) is 0 Å². The molecule has 0 radical (unpaired) electrons. The Morgan fingerprint density at radius 1 is 1.46 bits per heavy atom. The highest BCUT2D eigenvalue weighted by Gasteiger charge is 2.64. The molecular formula is C11H10O2. The number of fused-ring (bicyclic) bond motifs is 3. The van der Waals surface area contributed by atoms with Crippen LogP contribution in [0.15, 0.2) is 24.3 Å². The minimum absolute atomic E-state index is 0.307. The summed E-state index contributed by atoms with van der Waals surface area (Å²) in [6.07, 6.45) is 1.59. The molecule has 1 fully saturated rings. The largest absolute Gasteiger partial charge is 0.481 e. The molecule has 1 N–H and O–H groups in total. The molecule has 1 saturated carbocycles. The van der Waals surface area contributed by atoms with Crippen molar-refractivity contribution in [3.63, 3.8) is 0 Å². The van der Waals surface area contributed by atoms with Gasteiger partial charge in [0.1, 0.15) is 0 Å². The van der Waals surface area contributed by atoms with E-state index in [9.17, 15) is 4.79 Å². The first-order valence-corrected chi connectivity index (χ1v) is 4.55. The summed E-state index contributed by atoms with van der Waals surface area (Å²) in [5.74, 6) is -0.310. The van der Waals surface area contributed by atoms with Crippen molar-refractivity contribution < 1.29 is 9.90 Å². The van der Waals surface area contributed by atoms with Crippen molar-refractivity contribution in [1.29, 1.82) is 0 Å². The molecule has 0 amide bonds. The molecule has 1 aromatic carbocycles. The van der Waals surface area contributed by atoms with E-state index in [1.807, 2.05) is 18.2 Å². The van der Waals surface area contributed by atoms with E-state index in [0.717, 1.165) is 12.8 Å². The highest BCUT2D eigenvalue weighted by atomic mass is 16.4. The molecule has 2 heteroatoms. The molecule has 3 rings (SSSR count). The molecule has 1 aromatic rings. The summed E-state index contributed by atoms with van der Waals surface area (Å²) < 4.78 is 0. The van der Waals surface area contributed by atoms with Crippen LogP contribution in [0.2, 0.25) is 0 Å². The van der Waals surface area contributed by atoms with Gasteiger partial charge in [-0.25, -0.2) is 0 Å². The maximum absolute atomic E-state index is 11.0. The summed E-state index contributed by atoms with van der Waals surface area (Å²) in [6, 6.07) is 8.10. The maximum atomic E-state index is 11.0. The zero-order chi connectivity index (χ0) is 9.05. The van der Waals surface area contributed by atoms with E-state index in [2.05, 4.69) is 6.07 Å². The molecule has 0 bridgehead atoms. The Labute approximate surface area is 76.2 Å². The van der Waals surface area contributed by atoms with E-state index < -0.39 is 11.4 Å². The molecular weight excluding hydrogens is 164 g/mol. The zero-order valence-corrected chi connectivity index (χ0v) is 7.16. The summed E-state index contributed by atoms with van der Waals surface area (Å²) >= 11 is 0. The molecule has 2 aliphatic rings. The Bertz CT molecular complexity index is 397. The van der Waals surface area contributed by atoms with Gasteiger partial charge in [0.15, 0.2) is 0 Å². The fourth-order valence-electron chi connectivity index (χ4n) is 2.60. The minimum atomic E-state index is -0.617. The van der Waals surface area contributed by atoms with Gasteiger partial charge in [-0.3, -0.25) is 4.79 Å². The van der Waals surface area contributed by atoms with Crippen LogP contribution >= 0.6 is 0 Å². The highest BCUT2D eigenvalue weighted by Crippen LogP contribution is 2.66. The molecule has 2 atom stereocenters. The van der Waals surface area contributed by atoms with Gasteiger partial charge in [-0.05, 0) is 24.0 Å². The number of carbonyl (C=O) groups is 1. The second-order valence-corrected chi connectivity index (χ2v) is 4.09. The van der Waals surface area contributed by atoms with Gasteiger partial charge in [0.25, 0.3) is 0 Å². The number of carboxylic acid groups (broad SMARTS) is 1. The molecule has 0 aromatic heterocycles. The third-order valence-corrected chi connectivity index (χ3v) is 3.44. The third-order valence-electron chi connectivity index (χ3n) is 3.44. The number of hydrogen-bond donors (Lipinski definition) is 1.